The van der Waals surface area contributed by atoms with Crippen LogP contribution in [0.4, 0.5) is 0 Å². The number of carbonyl (C=O) groups excluding carboxylic acids is 1. The van der Waals surface area contributed by atoms with E-state index in [1.807, 2.05) is 0 Å². The lowest BCUT2D eigenvalue weighted by Gasteiger charge is -2.21. The summed E-state index contributed by atoms with van der Waals surface area (Å²) in [7, 11) is 1.71. The summed E-state index contributed by atoms with van der Waals surface area (Å²) in [6, 6.07) is 0.471. The van der Waals surface area contributed by atoms with Gasteiger partial charge in [-0.15, -0.1) is 0 Å². The Morgan fingerprint density at radius 3 is 3.00 bits per heavy atom. The highest BCUT2D eigenvalue weighted by Crippen LogP contribution is 2.16. The molecule has 0 radical (unpaired) electrons. The third kappa shape index (κ3) is 2.57. The standard InChI is InChI=1S/C9H17NO2/c1-8(11)6-10-5-3-4-9(10)7-12-2/h9H,3-7H2,1-2H3. The average Bonchev–Trinajstić information content (AvgIpc) is 2.37. The SMILES string of the molecule is COCC1CCCN1CC(C)=O. The van der Waals surface area contributed by atoms with Gasteiger partial charge >= 0.3 is 0 Å². The van der Waals surface area contributed by atoms with Gasteiger partial charge in [-0.1, -0.05) is 0 Å². The molecule has 12 heavy (non-hydrogen) atoms. The Morgan fingerprint density at radius 2 is 2.42 bits per heavy atom. The number of Topliss-reactive ketones (excluding diaryl/α,β-unsaturated/α-hetero) is 1. The van der Waals surface area contributed by atoms with Crippen molar-refractivity contribution in [2.24, 2.45) is 0 Å². The smallest absolute Gasteiger partial charge is 0.143 e. The zero-order chi connectivity index (χ0) is 8.97. The van der Waals surface area contributed by atoms with E-state index in [0.29, 0.717) is 12.6 Å². The van der Waals surface area contributed by atoms with E-state index in [1.165, 1.54) is 12.8 Å². The second kappa shape index (κ2) is 4.58. The Balaban J connectivity index is 2.35. The fraction of sp³-hybridized carbons (Fsp3) is 0.889. The predicted molar refractivity (Wildman–Crippen MR) is 47.2 cm³/mol. The molecule has 0 aliphatic carbocycles. The van der Waals surface area contributed by atoms with Crippen LogP contribution in [0.1, 0.15) is 19.8 Å². The van der Waals surface area contributed by atoms with Crippen LogP contribution in [0.25, 0.3) is 0 Å². The molecule has 0 amide bonds. The van der Waals surface area contributed by atoms with Gasteiger partial charge in [-0.25, -0.2) is 0 Å². The first-order chi connectivity index (χ1) is 5.74. The molecule has 3 nitrogen and oxygen atoms in total. The summed E-state index contributed by atoms with van der Waals surface area (Å²) >= 11 is 0. The molecule has 0 bridgehead atoms. The average molecular weight is 171 g/mol. The fourth-order valence-corrected chi connectivity index (χ4v) is 1.77. The number of ketones is 1. The number of hydrogen-bond acceptors (Lipinski definition) is 3. The van der Waals surface area contributed by atoms with Crippen LogP contribution in [0.15, 0.2) is 0 Å². The number of carbonyl (C=O) groups is 1. The summed E-state index contributed by atoms with van der Waals surface area (Å²) in [5.41, 5.74) is 0. The number of likely N-dealkylation sites (tertiary alicyclic amines) is 1. The summed E-state index contributed by atoms with van der Waals surface area (Å²) in [5.74, 6) is 0.248. The topological polar surface area (TPSA) is 29.5 Å². The minimum Gasteiger partial charge on any atom is -0.383 e. The highest BCUT2D eigenvalue weighted by atomic mass is 16.5. The van der Waals surface area contributed by atoms with E-state index in [4.69, 9.17) is 4.74 Å². The third-order valence-electron chi connectivity index (χ3n) is 2.28. The van der Waals surface area contributed by atoms with E-state index >= 15 is 0 Å². The highest BCUT2D eigenvalue weighted by molar-refractivity contribution is 5.77. The normalized spacial score (nSPS) is 24.7. The summed E-state index contributed by atoms with van der Waals surface area (Å²) in [6.07, 6.45) is 2.36. The molecular weight excluding hydrogens is 154 g/mol. The Bertz CT molecular complexity index is 159. The zero-order valence-corrected chi connectivity index (χ0v) is 7.88. The fourth-order valence-electron chi connectivity index (χ4n) is 1.77. The van der Waals surface area contributed by atoms with Gasteiger partial charge < -0.3 is 4.74 Å². The highest BCUT2D eigenvalue weighted by Gasteiger charge is 2.24. The number of nitrogens with zero attached hydrogens (tertiary/aromatic N) is 1. The van der Waals surface area contributed by atoms with Crippen molar-refractivity contribution < 1.29 is 9.53 Å². The van der Waals surface area contributed by atoms with Gasteiger partial charge in [0, 0.05) is 13.2 Å². The van der Waals surface area contributed by atoms with Gasteiger partial charge in [0.2, 0.25) is 0 Å². The monoisotopic (exact) mass is 171 g/mol. The molecular formula is C9H17NO2. The van der Waals surface area contributed by atoms with E-state index in [-0.39, 0.29) is 5.78 Å². The molecule has 1 heterocycles. The molecule has 3 heteroatoms. The lowest BCUT2D eigenvalue weighted by Crippen LogP contribution is -2.36. The van der Waals surface area contributed by atoms with Crippen LogP contribution < -0.4 is 0 Å². The number of hydrogen-bond donors (Lipinski definition) is 0. The maximum atomic E-state index is 10.9. The molecule has 1 aliphatic rings. The van der Waals surface area contributed by atoms with Crippen molar-refractivity contribution in [2.75, 3.05) is 26.8 Å². The zero-order valence-electron chi connectivity index (χ0n) is 7.88. The van der Waals surface area contributed by atoms with Crippen LogP contribution in [0.2, 0.25) is 0 Å². The summed E-state index contributed by atoms with van der Waals surface area (Å²) < 4.78 is 5.08. The first-order valence-electron chi connectivity index (χ1n) is 4.46. The van der Waals surface area contributed by atoms with E-state index < -0.39 is 0 Å². The van der Waals surface area contributed by atoms with Gasteiger partial charge in [-0.05, 0) is 26.3 Å². The molecule has 1 rings (SSSR count). The second-order valence-electron chi connectivity index (χ2n) is 3.42. The Kier molecular flexibility index (Phi) is 3.69. The predicted octanol–water partition coefficient (Wildman–Crippen LogP) is 0.686. The second-order valence-corrected chi connectivity index (χ2v) is 3.42. The minimum atomic E-state index is 0.248. The minimum absolute atomic E-state index is 0.248. The third-order valence-corrected chi connectivity index (χ3v) is 2.28. The maximum absolute atomic E-state index is 10.9. The maximum Gasteiger partial charge on any atom is 0.143 e. The van der Waals surface area contributed by atoms with Crippen LogP contribution in [0, 0.1) is 0 Å². The molecule has 70 valence electrons. The van der Waals surface area contributed by atoms with E-state index in [1.54, 1.807) is 14.0 Å². The molecule has 1 unspecified atom stereocenters. The first-order valence-corrected chi connectivity index (χ1v) is 4.46. The van der Waals surface area contributed by atoms with Crippen molar-refractivity contribution in [1.29, 1.82) is 0 Å². The van der Waals surface area contributed by atoms with Gasteiger partial charge in [0.05, 0.1) is 13.2 Å². The quantitative estimate of drug-likeness (QED) is 0.623. The summed E-state index contributed by atoms with van der Waals surface area (Å²) in [6.45, 7) is 4.04. The molecule has 1 aliphatic heterocycles. The molecule has 1 atom stereocenters. The Labute approximate surface area is 73.7 Å². The molecule has 1 fully saturated rings. The number of methoxy groups -OCH3 is 1. The van der Waals surface area contributed by atoms with Crippen molar-refractivity contribution >= 4 is 5.78 Å². The van der Waals surface area contributed by atoms with Crippen LogP contribution in [-0.4, -0.2) is 43.5 Å². The van der Waals surface area contributed by atoms with Gasteiger partial charge in [-0.3, -0.25) is 9.69 Å². The van der Waals surface area contributed by atoms with E-state index in [0.717, 1.165) is 13.2 Å². The number of rotatable bonds is 4. The first kappa shape index (κ1) is 9.68. The Hall–Kier alpha value is -0.410. The molecule has 0 aromatic carbocycles. The lowest BCUT2D eigenvalue weighted by molar-refractivity contribution is -0.118. The molecule has 0 saturated carbocycles. The molecule has 0 aromatic heterocycles. The summed E-state index contributed by atoms with van der Waals surface area (Å²) in [4.78, 5) is 13.1. The Morgan fingerprint density at radius 1 is 1.67 bits per heavy atom. The van der Waals surface area contributed by atoms with Gasteiger partial charge in [-0.2, -0.15) is 0 Å². The largest absolute Gasteiger partial charge is 0.383 e. The van der Waals surface area contributed by atoms with Gasteiger partial charge in [0.25, 0.3) is 0 Å². The van der Waals surface area contributed by atoms with Crippen molar-refractivity contribution in [3.8, 4) is 0 Å². The lowest BCUT2D eigenvalue weighted by atomic mass is 10.2. The van der Waals surface area contributed by atoms with Crippen LogP contribution >= 0.6 is 0 Å². The van der Waals surface area contributed by atoms with Crippen LogP contribution in [0.3, 0.4) is 0 Å². The summed E-state index contributed by atoms with van der Waals surface area (Å²) in [5, 5.41) is 0. The van der Waals surface area contributed by atoms with Crippen LogP contribution in [-0.2, 0) is 9.53 Å². The van der Waals surface area contributed by atoms with Gasteiger partial charge in [0.15, 0.2) is 0 Å². The van der Waals surface area contributed by atoms with Crippen molar-refractivity contribution in [1.82, 2.24) is 4.90 Å². The molecule has 0 spiro atoms. The van der Waals surface area contributed by atoms with Crippen molar-refractivity contribution in [3.05, 3.63) is 0 Å². The van der Waals surface area contributed by atoms with Crippen molar-refractivity contribution in [3.63, 3.8) is 0 Å². The van der Waals surface area contributed by atoms with E-state index in [9.17, 15) is 4.79 Å². The van der Waals surface area contributed by atoms with E-state index in [2.05, 4.69) is 4.90 Å². The molecule has 0 aromatic rings. The van der Waals surface area contributed by atoms with Crippen LogP contribution in [0.5, 0.6) is 0 Å². The van der Waals surface area contributed by atoms with Crippen molar-refractivity contribution in [2.45, 2.75) is 25.8 Å². The van der Waals surface area contributed by atoms with Gasteiger partial charge in [0.1, 0.15) is 5.78 Å². The number of ether oxygens (including phenoxy) is 1. The molecule has 0 N–H and O–H groups in total. The molecule has 1 saturated heterocycles.